The molecule has 17 heteroatoms. The largest absolute Gasteiger partial charge is 0.504 e. The fourth-order valence-electron chi connectivity index (χ4n) is 7.77. The normalized spacial score (nSPS) is 13.2. The molecule has 0 saturated heterocycles. The summed E-state index contributed by atoms with van der Waals surface area (Å²) in [6.07, 6.45) is 13.2. The number of benzene rings is 3. The molecule has 70 heavy (non-hydrogen) atoms. The van der Waals surface area contributed by atoms with Gasteiger partial charge in [0.2, 0.25) is 0 Å². The number of fused-ring (bicyclic) bond motifs is 1. The Labute approximate surface area is 433 Å². The number of aromatic hydroxyl groups is 1. The molecule has 1 aliphatic rings. The Bertz CT molecular complexity index is 2390. The first-order chi connectivity index (χ1) is 33.3. The van der Waals surface area contributed by atoms with Crippen LogP contribution in [0.1, 0.15) is 151 Å². The second kappa shape index (κ2) is 30.6. The van der Waals surface area contributed by atoms with E-state index in [4.69, 9.17) is 44.3 Å². The second-order valence-electron chi connectivity index (χ2n) is 18.0. The van der Waals surface area contributed by atoms with E-state index in [1.165, 1.54) is 56.6 Å². The lowest BCUT2D eigenvalue weighted by Gasteiger charge is -2.20. The molecular formula is C53H79Cl3N6O7S. The number of amides is 2. The number of phenols is 1. The van der Waals surface area contributed by atoms with Crippen LogP contribution in [0.5, 0.6) is 17.2 Å². The monoisotopic (exact) mass is 1050 g/mol. The molecule has 13 nitrogen and oxygen atoms in total. The van der Waals surface area contributed by atoms with E-state index in [0.29, 0.717) is 46.4 Å². The molecule has 1 aliphatic heterocycles. The molecule has 0 aliphatic carbocycles. The van der Waals surface area contributed by atoms with Gasteiger partial charge in [0, 0.05) is 18.1 Å². The maximum atomic E-state index is 12.6. The highest BCUT2D eigenvalue weighted by Gasteiger charge is 2.27. The van der Waals surface area contributed by atoms with Crippen molar-refractivity contribution in [2.24, 2.45) is 0 Å². The lowest BCUT2D eigenvalue weighted by atomic mass is 10.1. The summed E-state index contributed by atoms with van der Waals surface area (Å²) < 4.78 is 37.8. The van der Waals surface area contributed by atoms with Crippen molar-refractivity contribution >= 4 is 68.0 Å². The van der Waals surface area contributed by atoms with Gasteiger partial charge in [-0.3, -0.25) is 9.59 Å². The Morgan fingerprint density at radius 1 is 0.786 bits per heavy atom. The molecule has 2 heterocycles. The number of carbonyl (C=O) groups excluding carboxylic acids is 2. The summed E-state index contributed by atoms with van der Waals surface area (Å²) in [6, 6.07) is 13.3. The fraction of sp³-hybridized carbons (Fsp3) is 0.566. The fourth-order valence-corrected chi connectivity index (χ4v) is 9.85. The van der Waals surface area contributed by atoms with Gasteiger partial charge in [0.15, 0.2) is 24.3 Å². The number of carbonyl (C=O) groups is 2. The van der Waals surface area contributed by atoms with Gasteiger partial charge in [-0.2, -0.15) is 5.10 Å². The number of hydrogen-bond donors (Lipinski definition) is 4. The van der Waals surface area contributed by atoms with Crippen molar-refractivity contribution < 1.29 is 32.6 Å². The third kappa shape index (κ3) is 19.4. The highest BCUT2D eigenvalue weighted by atomic mass is 35.5. The molecular weight excluding hydrogens is 971 g/mol. The number of aryl methyl sites for hydroxylation is 5. The lowest BCUT2D eigenvalue weighted by molar-refractivity contribution is -0.133. The first-order valence-corrected chi connectivity index (χ1v) is 27.9. The van der Waals surface area contributed by atoms with E-state index >= 15 is 0 Å². The molecule has 1 aromatic heterocycles. The van der Waals surface area contributed by atoms with E-state index in [0.717, 1.165) is 66.3 Å². The van der Waals surface area contributed by atoms with Crippen molar-refractivity contribution in [3.05, 3.63) is 91.0 Å². The Morgan fingerprint density at radius 2 is 1.39 bits per heavy atom. The molecule has 0 saturated carbocycles. The number of phenolic OH excluding ortho intramolecular Hbond substituents is 1. The smallest absolute Gasteiger partial charge is 0.265 e. The lowest BCUT2D eigenvalue weighted by Crippen LogP contribution is -2.34. The predicted octanol–water partition coefficient (Wildman–Crippen LogP) is 13.4. The van der Waals surface area contributed by atoms with Gasteiger partial charge >= 0.3 is 0 Å². The number of nitrogens with one attached hydrogen (secondary N) is 3. The number of aromatic nitrogens is 2. The maximum absolute atomic E-state index is 12.6. The zero-order valence-corrected chi connectivity index (χ0v) is 46.3. The van der Waals surface area contributed by atoms with Gasteiger partial charge in [0.25, 0.3) is 11.8 Å². The van der Waals surface area contributed by atoms with Crippen LogP contribution in [0.3, 0.4) is 0 Å². The molecule has 0 fully saturated rings. The van der Waals surface area contributed by atoms with Crippen LogP contribution < -0.4 is 25.6 Å². The predicted molar refractivity (Wildman–Crippen MR) is 289 cm³/mol. The summed E-state index contributed by atoms with van der Waals surface area (Å²) in [5, 5.41) is 18.3. The van der Waals surface area contributed by atoms with Gasteiger partial charge in [-0.15, -0.1) is 0 Å². The minimum atomic E-state index is -2.97. The van der Waals surface area contributed by atoms with E-state index < -0.39 is 15.9 Å². The number of hydrazine groups is 1. The van der Waals surface area contributed by atoms with E-state index in [9.17, 15) is 23.1 Å². The third-order valence-corrected chi connectivity index (χ3v) is 15.3. The molecule has 5 rings (SSSR count). The van der Waals surface area contributed by atoms with Crippen molar-refractivity contribution in [1.82, 2.24) is 20.1 Å². The van der Waals surface area contributed by atoms with Crippen LogP contribution >= 0.6 is 34.8 Å². The number of halogens is 3. The number of likely N-dealkylation sites (N-methyl/N-ethyl adjacent to an activating group) is 1. The molecule has 2 atom stereocenters. The number of nitrogens with zero attached hydrogens (tertiary/aromatic N) is 3. The minimum absolute atomic E-state index is 0.0370. The Kier molecular flexibility index (Phi) is 26.3. The maximum Gasteiger partial charge on any atom is 0.265 e. The molecule has 390 valence electrons. The van der Waals surface area contributed by atoms with Gasteiger partial charge in [0.05, 0.1) is 27.9 Å². The van der Waals surface area contributed by atoms with Crippen molar-refractivity contribution in [1.29, 1.82) is 0 Å². The van der Waals surface area contributed by atoms with E-state index in [2.05, 4.69) is 34.3 Å². The zero-order valence-electron chi connectivity index (χ0n) is 43.2. The van der Waals surface area contributed by atoms with Gasteiger partial charge in [-0.1, -0.05) is 136 Å². The Balaban J connectivity index is 0.000000286. The van der Waals surface area contributed by atoms with Crippen LogP contribution in [0.2, 0.25) is 15.1 Å². The number of ether oxygens (including phenoxy) is 2. The first kappa shape index (κ1) is 60.1. The SMILES string of the molecule is CCC(Oc1cc(C)ccc1C)C(=O)Nc1cc(Cl)c(C)c(Cl)c1O.CCCCCCCCCCCCS(=O)(=O)CCCC1NNc2c(Cl)c(C)nn21.CCN(CC)C(=O)COc1ccc(C)cc1C. The van der Waals surface area contributed by atoms with Crippen molar-refractivity contribution in [2.45, 2.75) is 165 Å². The summed E-state index contributed by atoms with van der Waals surface area (Å²) in [7, 11) is -2.97. The molecule has 0 bridgehead atoms. The number of rotatable bonds is 25. The Morgan fingerprint density at radius 3 is 2.00 bits per heavy atom. The zero-order chi connectivity index (χ0) is 52.0. The van der Waals surface area contributed by atoms with Crippen LogP contribution in [0.4, 0.5) is 11.5 Å². The molecule has 2 amide bonds. The second-order valence-corrected chi connectivity index (χ2v) is 21.5. The van der Waals surface area contributed by atoms with Crippen LogP contribution in [0.25, 0.3) is 0 Å². The van der Waals surface area contributed by atoms with Gasteiger partial charge in [-0.05, 0) is 122 Å². The number of anilines is 2. The molecule has 4 aromatic rings. The topological polar surface area (TPSA) is 164 Å². The highest BCUT2D eigenvalue weighted by Crippen LogP contribution is 2.39. The van der Waals surface area contributed by atoms with E-state index in [1.807, 2.05) is 90.4 Å². The summed E-state index contributed by atoms with van der Waals surface area (Å²) in [5.41, 5.74) is 11.9. The molecule has 0 spiro atoms. The Hall–Kier alpha value is -4.21. The quantitative estimate of drug-likeness (QED) is 0.0371. The minimum Gasteiger partial charge on any atom is -0.504 e. The number of unbranched alkanes of at least 4 members (excludes halogenated alkanes) is 9. The highest BCUT2D eigenvalue weighted by molar-refractivity contribution is 7.91. The summed E-state index contributed by atoms with van der Waals surface area (Å²) in [5.74, 6) is 2.21. The average molecular weight is 1050 g/mol. The van der Waals surface area contributed by atoms with Gasteiger partial charge in [0.1, 0.15) is 32.5 Å². The summed E-state index contributed by atoms with van der Waals surface area (Å²) >= 11 is 18.3. The standard InChI is InChI=1S/C20H37ClN4O2S.C19H21Cl2NO3.C14H21NO2/c1-3-4-5-6-7-8-9-10-11-12-15-28(26,27)16-13-14-18-22-23-20-19(21)17(2)24-25(18)20;1-5-15(25-16-8-10(2)6-7-11(16)3)19(24)22-14-9-13(20)12(4)17(21)18(14)23;1-5-15(6-2)14(16)10-17-13-8-7-11(3)9-12(13)4/h18,22-23H,3-16H2,1-2H3;6-9,15,23H,5H2,1-4H3,(H,22,24);7-9H,5-6,10H2,1-4H3. The van der Waals surface area contributed by atoms with E-state index in [-0.39, 0.29) is 46.8 Å². The third-order valence-electron chi connectivity index (χ3n) is 12.2. The van der Waals surface area contributed by atoms with Crippen LogP contribution in [-0.2, 0) is 19.4 Å². The van der Waals surface area contributed by atoms with Gasteiger partial charge < -0.3 is 30.2 Å². The average Bonchev–Trinajstić information content (AvgIpc) is 3.85. The van der Waals surface area contributed by atoms with Crippen molar-refractivity contribution in [3.63, 3.8) is 0 Å². The van der Waals surface area contributed by atoms with Crippen LogP contribution in [0.15, 0.2) is 42.5 Å². The number of hydrogen-bond acceptors (Lipinski definition) is 10. The molecule has 3 aromatic carbocycles. The van der Waals surface area contributed by atoms with E-state index in [1.54, 1.807) is 11.8 Å². The van der Waals surface area contributed by atoms with Crippen LogP contribution in [-0.4, -0.2) is 77.3 Å². The van der Waals surface area contributed by atoms with Crippen molar-refractivity contribution in [3.8, 4) is 17.2 Å². The summed E-state index contributed by atoms with van der Waals surface area (Å²) in [6.45, 7) is 21.1. The van der Waals surface area contributed by atoms with Crippen LogP contribution in [0, 0.1) is 41.5 Å². The number of sulfone groups is 1. The molecule has 4 N–H and O–H groups in total. The molecule has 2 unspecified atom stereocenters. The first-order valence-electron chi connectivity index (χ1n) is 24.9. The summed E-state index contributed by atoms with van der Waals surface area (Å²) in [4.78, 5) is 26.1. The molecule has 0 radical (unpaired) electrons. The van der Waals surface area contributed by atoms with Gasteiger partial charge in [-0.25, -0.2) is 18.5 Å². The van der Waals surface area contributed by atoms with Crippen molar-refractivity contribution in [2.75, 3.05) is 41.9 Å².